The monoisotopic (exact) mass is 285 g/mol. The van der Waals surface area contributed by atoms with E-state index in [9.17, 15) is 18.4 Å². The average molecular weight is 285 g/mol. The summed E-state index contributed by atoms with van der Waals surface area (Å²) in [6.07, 6.45) is -2.40. The van der Waals surface area contributed by atoms with Crippen molar-refractivity contribution in [3.8, 4) is 0 Å². The zero-order valence-corrected chi connectivity index (χ0v) is 11.3. The molecule has 6 heteroatoms. The molecule has 110 valence electrons. The van der Waals surface area contributed by atoms with Crippen molar-refractivity contribution in [2.45, 2.75) is 32.7 Å². The fourth-order valence-electron chi connectivity index (χ4n) is 1.75. The van der Waals surface area contributed by atoms with Crippen molar-refractivity contribution in [2.75, 3.05) is 0 Å². The van der Waals surface area contributed by atoms with Crippen LogP contribution in [0.3, 0.4) is 0 Å². The zero-order valence-electron chi connectivity index (χ0n) is 11.3. The van der Waals surface area contributed by atoms with Gasteiger partial charge in [-0.05, 0) is 24.5 Å². The van der Waals surface area contributed by atoms with Gasteiger partial charge in [-0.25, -0.2) is 13.6 Å². The van der Waals surface area contributed by atoms with Crippen LogP contribution < -0.4 is 5.32 Å². The van der Waals surface area contributed by atoms with E-state index in [0.717, 1.165) is 6.07 Å². The predicted molar refractivity (Wildman–Crippen MR) is 69.7 cm³/mol. The lowest BCUT2D eigenvalue weighted by Crippen LogP contribution is -2.41. The van der Waals surface area contributed by atoms with Gasteiger partial charge in [-0.3, -0.25) is 4.79 Å². The van der Waals surface area contributed by atoms with Gasteiger partial charge in [-0.2, -0.15) is 0 Å². The molecule has 1 aromatic rings. The first-order chi connectivity index (χ1) is 9.31. The minimum Gasteiger partial charge on any atom is -0.480 e. The maximum absolute atomic E-state index is 12.5. The van der Waals surface area contributed by atoms with E-state index in [1.165, 1.54) is 18.2 Å². The number of amides is 1. The third-order valence-corrected chi connectivity index (χ3v) is 2.71. The van der Waals surface area contributed by atoms with Crippen molar-refractivity contribution in [3.05, 3.63) is 35.4 Å². The highest BCUT2D eigenvalue weighted by Gasteiger charge is 2.22. The fraction of sp³-hybridized carbons (Fsp3) is 0.429. The lowest BCUT2D eigenvalue weighted by atomic mass is 10.0. The van der Waals surface area contributed by atoms with E-state index >= 15 is 0 Å². The van der Waals surface area contributed by atoms with Crippen molar-refractivity contribution in [1.82, 2.24) is 5.32 Å². The first kappa shape index (κ1) is 16.1. The van der Waals surface area contributed by atoms with E-state index in [4.69, 9.17) is 5.11 Å². The molecule has 0 aliphatic carbocycles. The molecule has 0 saturated heterocycles. The van der Waals surface area contributed by atoms with Crippen molar-refractivity contribution >= 4 is 11.9 Å². The molecule has 0 fully saturated rings. The second-order valence-electron chi connectivity index (χ2n) is 4.92. The van der Waals surface area contributed by atoms with Crippen LogP contribution in [0.2, 0.25) is 0 Å². The van der Waals surface area contributed by atoms with Gasteiger partial charge in [0.05, 0.1) is 0 Å². The number of benzene rings is 1. The number of carbonyl (C=O) groups excluding carboxylic acids is 1. The summed E-state index contributed by atoms with van der Waals surface area (Å²) in [5.74, 6) is -1.72. The van der Waals surface area contributed by atoms with Gasteiger partial charge in [0.2, 0.25) is 0 Å². The molecule has 0 radical (unpaired) electrons. The zero-order chi connectivity index (χ0) is 15.3. The van der Waals surface area contributed by atoms with Gasteiger partial charge in [0, 0.05) is 11.1 Å². The molecule has 4 nitrogen and oxygen atoms in total. The van der Waals surface area contributed by atoms with Crippen molar-refractivity contribution < 1.29 is 23.5 Å². The summed E-state index contributed by atoms with van der Waals surface area (Å²) in [4.78, 5) is 22.9. The highest BCUT2D eigenvalue weighted by molar-refractivity contribution is 5.96. The molecule has 1 atom stereocenters. The van der Waals surface area contributed by atoms with Gasteiger partial charge in [-0.1, -0.05) is 26.0 Å². The Labute approximate surface area is 115 Å². The molecule has 1 amide bonds. The van der Waals surface area contributed by atoms with Gasteiger partial charge < -0.3 is 10.4 Å². The average Bonchev–Trinajstić information content (AvgIpc) is 2.37. The Morgan fingerprint density at radius 2 is 1.95 bits per heavy atom. The number of aliphatic carboxylic acids is 1. The van der Waals surface area contributed by atoms with Crippen molar-refractivity contribution in [1.29, 1.82) is 0 Å². The third-order valence-electron chi connectivity index (χ3n) is 2.71. The molecular formula is C14H17F2NO3. The number of carboxylic acid groups (broad SMARTS) is 1. The summed E-state index contributed by atoms with van der Waals surface area (Å²) >= 11 is 0. The molecule has 20 heavy (non-hydrogen) atoms. The summed E-state index contributed by atoms with van der Waals surface area (Å²) in [5, 5.41) is 11.4. The topological polar surface area (TPSA) is 66.4 Å². The lowest BCUT2D eigenvalue weighted by Gasteiger charge is -2.16. The highest BCUT2D eigenvalue weighted by Crippen LogP contribution is 2.19. The fourth-order valence-corrected chi connectivity index (χ4v) is 1.75. The number of hydrogen-bond acceptors (Lipinski definition) is 2. The van der Waals surface area contributed by atoms with E-state index in [0.29, 0.717) is 0 Å². The van der Waals surface area contributed by atoms with Crippen LogP contribution in [0.5, 0.6) is 0 Å². The summed E-state index contributed by atoms with van der Waals surface area (Å²) < 4.78 is 25.1. The molecule has 0 bridgehead atoms. The van der Waals surface area contributed by atoms with E-state index in [-0.39, 0.29) is 23.5 Å². The highest BCUT2D eigenvalue weighted by atomic mass is 19.3. The number of nitrogens with one attached hydrogen (secondary N) is 1. The Morgan fingerprint density at radius 3 is 2.45 bits per heavy atom. The van der Waals surface area contributed by atoms with Crippen molar-refractivity contribution in [2.24, 2.45) is 5.92 Å². The molecule has 0 spiro atoms. The Morgan fingerprint density at radius 1 is 1.30 bits per heavy atom. The van der Waals surface area contributed by atoms with Crippen LogP contribution in [-0.4, -0.2) is 23.0 Å². The Balaban J connectivity index is 2.83. The number of carbonyl (C=O) groups is 2. The van der Waals surface area contributed by atoms with Crippen LogP contribution in [0, 0.1) is 5.92 Å². The molecule has 1 unspecified atom stereocenters. The SMILES string of the molecule is CC(C)CC(NC(=O)c1cccc(C(F)F)c1)C(=O)O. The molecule has 0 saturated carbocycles. The summed E-state index contributed by atoms with van der Waals surface area (Å²) in [7, 11) is 0. The maximum atomic E-state index is 12.5. The largest absolute Gasteiger partial charge is 0.480 e. The lowest BCUT2D eigenvalue weighted by molar-refractivity contribution is -0.139. The van der Waals surface area contributed by atoms with E-state index in [1.807, 2.05) is 13.8 Å². The number of halogens is 2. The van der Waals surface area contributed by atoms with Gasteiger partial charge in [0.1, 0.15) is 6.04 Å². The van der Waals surface area contributed by atoms with Crippen LogP contribution in [0.1, 0.15) is 42.6 Å². The first-order valence-corrected chi connectivity index (χ1v) is 6.23. The van der Waals surface area contributed by atoms with E-state index in [1.54, 1.807) is 0 Å². The van der Waals surface area contributed by atoms with Crippen LogP contribution in [-0.2, 0) is 4.79 Å². The predicted octanol–water partition coefficient (Wildman–Crippen LogP) is 2.85. The summed E-state index contributed by atoms with van der Waals surface area (Å²) in [6, 6.07) is 3.96. The molecule has 1 aromatic carbocycles. The van der Waals surface area contributed by atoms with Crippen molar-refractivity contribution in [3.63, 3.8) is 0 Å². The van der Waals surface area contributed by atoms with E-state index < -0.39 is 24.3 Å². The van der Waals surface area contributed by atoms with Gasteiger partial charge in [-0.15, -0.1) is 0 Å². The molecule has 2 N–H and O–H groups in total. The Hall–Kier alpha value is -1.98. The molecule has 0 heterocycles. The van der Waals surface area contributed by atoms with Gasteiger partial charge in [0.15, 0.2) is 0 Å². The smallest absolute Gasteiger partial charge is 0.326 e. The standard InChI is InChI=1S/C14H17F2NO3/c1-8(2)6-11(14(19)20)17-13(18)10-5-3-4-9(7-10)12(15)16/h3-5,7-8,11-12H,6H2,1-2H3,(H,17,18)(H,19,20). The summed E-state index contributed by atoms with van der Waals surface area (Å²) in [6.45, 7) is 3.67. The number of hydrogen-bond donors (Lipinski definition) is 2. The first-order valence-electron chi connectivity index (χ1n) is 6.23. The minimum atomic E-state index is -2.67. The molecule has 0 aromatic heterocycles. The van der Waals surface area contributed by atoms with Crippen LogP contribution in [0.15, 0.2) is 24.3 Å². The third kappa shape index (κ3) is 4.60. The number of alkyl halides is 2. The molecule has 1 rings (SSSR count). The Kier molecular flexibility index (Phi) is 5.61. The Bertz CT molecular complexity index is 489. The van der Waals surface area contributed by atoms with Gasteiger partial charge >= 0.3 is 5.97 Å². The normalized spacial score (nSPS) is 12.5. The minimum absolute atomic E-state index is 0.0257. The van der Waals surface area contributed by atoms with Crippen LogP contribution in [0.4, 0.5) is 8.78 Å². The second kappa shape index (κ2) is 6.98. The summed E-state index contributed by atoms with van der Waals surface area (Å²) in [5.41, 5.74) is -0.244. The maximum Gasteiger partial charge on any atom is 0.326 e. The number of carboxylic acids is 1. The molecule has 0 aliphatic rings. The van der Waals surface area contributed by atoms with E-state index in [2.05, 4.69) is 5.32 Å². The van der Waals surface area contributed by atoms with Crippen LogP contribution >= 0.6 is 0 Å². The number of rotatable bonds is 6. The van der Waals surface area contributed by atoms with Crippen LogP contribution in [0.25, 0.3) is 0 Å². The molecular weight excluding hydrogens is 268 g/mol. The quantitative estimate of drug-likeness (QED) is 0.844. The second-order valence-corrected chi connectivity index (χ2v) is 4.92. The molecule has 0 aliphatic heterocycles. The van der Waals surface area contributed by atoms with Gasteiger partial charge in [0.25, 0.3) is 12.3 Å².